The third-order valence-electron chi connectivity index (χ3n) is 1.53. The second kappa shape index (κ2) is 6.43. The Morgan fingerprint density at radius 1 is 1.17 bits per heavy atom. The minimum atomic E-state index is 0.747. The van der Waals surface area contributed by atoms with Gasteiger partial charge in [0, 0.05) is 11.0 Å². The summed E-state index contributed by atoms with van der Waals surface area (Å²) < 4.78 is 6.63. The van der Waals surface area contributed by atoms with Gasteiger partial charge in [0.25, 0.3) is 0 Å². The fourth-order valence-corrected chi connectivity index (χ4v) is 1.23. The molecule has 1 aromatic rings. The van der Waals surface area contributed by atoms with E-state index in [1.807, 2.05) is 18.2 Å². The van der Waals surface area contributed by atoms with Crippen LogP contribution in [0.2, 0.25) is 0 Å². The molecule has 0 saturated carbocycles. The molecule has 0 N–H and O–H groups in total. The van der Waals surface area contributed by atoms with Gasteiger partial charge in [0.05, 0.1) is 6.61 Å². The Labute approximate surface area is 87.3 Å². The molecule has 0 aliphatic rings. The first-order chi connectivity index (χ1) is 5.93. The van der Waals surface area contributed by atoms with E-state index >= 15 is 0 Å². The van der Waals surface area contributed by atoms with E-state index in [-0.39, 0.29) is 0 Å². The molecule has 0 amide bonds. The maximum absolute atomic E-state index is 5.46. The fourth-order valence-electron chi connectivity index (χ4n) is 0.921. The molecule has 12 heavy (non-hydrogen) atoms. The number of benzene rings is 1. The second-order valence-electron chi connectivity index (χ2n) is 2.58. The summed E-state index contributed by atoms with van der Waals surface area (Å²) in [5.41, 5.74) is 1.26. The van der Waals surface area contributed by atoms with Gasteiger partial charge in [-0.1, -0.05) is 52.9 Å². The van der Waals surface area contributed by atoms with E-state index in [0.29, 0.717) is 0 Å². The van der Waals surface area contributed by atoms with Crippen molar-refractivity contribution in [2.75, 3.05) is 11.0 Å². The fraction of sp³-hybridized carbons (Fsp3) is 0.400. The Morgan fingerprint density at radius 2 is 1.92 bits per heavy atom. The van der Waals surface area contributed by atoms with Crippen LogP contribution in [-0.4, -0.2) is 11.0 Å². The number of rotatable bonds is 5. The zero-order chi connectivity index (χ0) is 8.65. The van der Waals surface area contributed by atoms with Gasteiger partial charge in [-0.3, -0.25) is 0 Å². The molecular weight excluding hydrogens is 263 g/mol. The molecule has 0 aliphatic carbocycles. The Hall–Kier alpha value is -0.0900. The van der Waals surface area contributed by atoms with E-state index in [4.69, 9.17) is 4.74 Å². The summed E-state index contributed by atoms with van der Waals surface area (Å²) in [6.07, 6.45) is 1.15. The Morgan fingerprint density at radius 3 is 2.58 bits per heavy atom. The van der Waals surface area contributed by atoms with Crippen LogP contribution in [-0.2, 0) is 11.3 Å². The van der Waals surface area contributed by atoms with Crippen LogP contribution in [0.4, 0.5) is 0 Å². The number of hydrogen-bond donors (Lipinski definition) is 0. The molecule has 0 atom stereocenters. The lowest BCUT2D eigenvalue weighted by molar-refractivity contribution is 0.122. The van der Waals surface area contributed by atoms with E-state index in [1.54, 1.807) is 0 Å². The van der Waals surface area contributed by atoms with Crippen LogP contribution in [0.15, 0.2) is 30.3 Å². The minimum Gasteiger partial charge on any atom is -0.377 e. The summed E-state index contributed by atoms with van der Waals surface area (Å²) in [5, 5.41) is 0. The number of halogens is 1. The molecule has 0 aromatic heterocycles. The molecule has 0 aliphatic heterocycles. The van der Waals surface area contributed by atoms with Gasteiger partial charge in [-0.05, 0) is 12.0 Å². The van der Waals surface area contributed by atoms with Crippen molar-refractivity contribution in [2.45, 2.75) is 13.0 Å². The highest BCUT2D eigenvalue weighted by atomic mass is 127. The van der Waals surface area contributed by atoms with E-state index in [0.717, 1.165) is 19.6 Å². The third-order valence-corrected chi connectivity index (χ3v) is 2.30. The SMILES string of the molecule is ICCCOCc1ccccc1. The number of alkyl halides is 1. The average Bonchev–Trinajstić information content (AvgIpc) is 2.14. The van der Waals surface area contributed by atoms with Crippen molar-refractivity contribution < 1.29 is 4.74 Å². The normalized spacial score (nSPS) is 10.1. The zero-order valence-corrected chi connectivity index (χ0v) is 9.16. The van der Waals surface area contributed by atoms with Crippen LogP contribution in [0.3, 0.4) is 0 Å². The van der Waals surface area contributed by atoms with Gasteiger partial charge in [-0.2, -0.15) is 0 Å². The second-order valence-corrected chi connectivity index (χ2v) is 3.66. The highest BCUT2D eigenvalue weighted by Crippen LogP contribution is 2.01. The summed E-state index contributed by atoms with van der Waals surface area (Å²) in [4.78, 5) is 0. The molecule has 0 spiro atoms. The lowest BCUT2D eigenvalue weighted by Crippen LogP contribution is -1.95. The average molecular weight is 276 g/mol. The summed E-state index contributed by atoms with van der Waals surface area (Å²) in [6, 6.07) is 10.3. The first kappa shape index (κ1) is 9.99. The Kier molecular flexibility index (Phi) is 5.35. The molecule has 0 heterocycles. The van der Waals surface area contributed by atoms with Crippen LogP contribution in [0.5, 0.6) is 0 Å². The maximum Gasteiger partial charge on any atom is 0.0716 e. The Bertz CT molecular complexity index is 198. The van der Waals surface area contributed by atoms with E-state index < -0.39 is 0 Å². The molecule has 0 fully saturated rings. The molecule has 1 rings (SSSR count). The van der Waals surface area contributed by atoms with Gasteiger partial charge in [-0.25, -0.2) is 0 Å². The van der Waals surface area contributed by atoms with Crippen molar-refractivity contribution in [1.82, 2.24) is 0 Å². The summed E-state index contributed by atoms with van der Waals surface area (Å²) in [5.74, 6) is 0. The minimum absolute atomic E-state index is 0.747. The van der Waals surface area contributed by atoms with Crippen molar-refractivity contribution in [1.29, 1.82) is 0 Å². The molecule has 0 saturated heterocycles. The molecular formula is C10H13IO. The van der Waals surface area contributed by atoms with Crippen molar-refractivity contribution >= 4 is 22.6 Å². The highest BCUT2D eigenvalue weighted by Gasteiger charge is 1.90. The van der Waals surface area contributed by atoms with Crippen molar-refractivity contribution in [3.8, 4) is 0 Å². The van der Waals surface area contributed by atoms with Crippen LogP contribution in [0.1, 0.15) is 12.0 Å². The van der Waals surface area contributed by atoms with Gasteiger partial charge >= 0.3 is 0 Å². The highest BCUT2D eigenvalue weighted by molar-refractivity contribution is 14.1. The number of ether oxygens (including phenoxy) is 1. The van der Waals surface area contributed by atoms with Crippen molar-refractivity contribution in [3.63, 3.8) is 0 Å². The quantitative estimate of drug-likeness (QED) is 0.456. The summed E-state index contributed by atoms with van der Waals surface area (Å²) in [6.45, 7) is 1.62. The molecule has 1 nitrogen and oxygen atoms in total. The zero-order valence-electron chi connectivity index (χ0n) is 7.00. The monoisotopic (exact) mass is 276 g/mol. The predicted octanol–water partition coefficient (Wildman–Crippen LogP) is 3.03. The standard InChI is InChI=1S/C10H13IO/c11-7-4-8-12-9-10-5-2-1-3-6-10/h1-3,5-6H,4,7-9H2. The van der Waals surface area contributed by atoms with Gasteiger partial charge < -0.3 is 4.74 Å². The lowest BCUT2D eigenvalue weighted by Gasteiger charge is -2.01. The smallest absolute Gasteiger partial charge is 0.0716 e. The lowest BCUT2D eigenvalue weighted by atomic mass is 10.2. The van der Waals surface area contributed by atoms with E-state index in [2.05, 4.69) is 34.7 Å². The first-order valence-corrected chi connectivity index (χ1v) is 5.63. The topological polar surface area (TPSA) is 9.23 Å². The van der Waals surface area contributed by atoms with E-state index in [1.165, 1.54) is 9.99 Å². The van der Waals surface area contributed by atoms with Crippen LogP contribution in [0.25, 0.3) is 0 Å². The van der Waals surface area contributed by atoms with Gasteiger partial charge in [0.1, 0.15) is 0 Å². The first-order valence-electron chi connectivity index (χ1n) is 4.11. The van der Waals surface area contributed by atoms with Crippen LogP contribution in [0, 0.1) is 0 Å². The van der Waals surface area contributed by atoms with Crippen LogP contribution >= 0.6 is 22.6 Å². The van der Waals surface area contributed by atoms with Crippen molar-refractivity contribution in [3.05, 3.63) is 35.9 Å². The Balaban J connectivity index is 2.16. The van der Waals surface area contributed by atoms with Gasteiger partial charge in [-0.15, -0.1) is 0 Å². The molecule has 0 unspecified atom stereocenters. The van der Waals surface area contributed by atoms with E-state index in [9.17, 15) is 0 Å². The molecule has 0 bridgehead atoms. The van der Waals surface area contributed by atoms with Crippen LogP contribution < -0.4 is 0 Å². The molecule has 0 radical (unpaired) electrons. The molecule has 2 heteroatoms. The molecule has 1 aromatic carbocycles. The summed E-state index contributed by atoms with van der Waals surface area (Å²) >= 11 is 2.36. The number of hydrogen-bond acceptors (Lipinski definition) is 1. The summed E-state index contributed by atoms with van der Waals surface area (Å²) in [7, 11) is 0. The van der Waals surface area contributed by atoms with Gasteiger partial charge in [0.15, 0.2) is 0 Å². The largest absolute Gasteiger partial charge is 0.377 e. The van der Waals surface area contributed by atoms with Gasteiger partial charge in [0.2, 0.25) is 0 Å². The maximum atomic E-state index is 5.46. The van der Waals surface area contributed by atoms with Crippen molar-refractivity contribution in [2.24, 2.45) is 0 Å². The third kappa shape index (κ3) is 4.07. The predicted molar refractivity (Wildman–Crippen MR) is 59.6 cm³/mol. The molecule has 66 valence electrons.